The van der Waals surface area contributed by atoms with Crippen molar-refractivity contribution < 1.29 is 9.47 Å². The van der Waals surface area contributed by atoms with E-state index in [1.165, 1.54) is 31.2 Å². The summed E-state index contributed by atoms with van der Waals surface area (Å²) in [6.07, 6.45) is 5.39. The smallest absolute Gasteiger partial charge is 0.127 e. The second-order valence-corrected chi connectivity index (χ2v) is 4.88. The molecule has 1 aromatic rings. The molecule has 0 radical (unpaired) electrons. The molecule has 0 saturated heterocycles. The quantitative estimate of drug-likeness (QED) is 0.870. The first-order valence-corrected chi connectivity index (χ1v) is 6.47. The monoisotopic (exact) mass is 233 g/mol. The maximum atomic E-state index is 5.97. The Bertz CT molecular complexity index is 399. The first-order chi connectivity index (χ1) is 8.36. The van der Waals surface area contributed by atoms with Crippen LogP contribution < -0.4 is 14.8 Å². The third-order valence-electron chi connectivity index (χ3n) is 3.72. The highest BCUT2D eigenvalue weighted by molar-refractivity contribution is 5.45. The Hall–Kier alpha value is -1.22. The highest BCUT2D eigenvalue weighted by atomic mass is 16.5. The van der Waals surface area contributed by atoms with Crippen LogP contribution in [0.2, 0.25) is 0 Å². The first kappa shape index (κ1) is 10.9. The van der Waals surface area contributed by atoms with Gasteiger partial charge in [-0.25, -0.2) is 0 Å². The molecule has 3 nitrogen and oxygen atoms in total. The van der Waals surface area contributed by atoms with E-state index in [-0.39, 0.29) is 0 Å². The van der Waals surface area contributed by atoms with Gasteiger partial charge >= 0.3 is 0 Å². The normalized spacial score (nSPS) is 23.5. The maximum Gasteiger partial charge on any atom is 0.127 e. The fourth-order valence-electron chi connectivity index (χ4n) is 2.70. The van der Waals surface area contributed by atoms with E-state index in [0.29, 0.717) is 12.1 Å². The summed E-state index contributed by atoms with van der Waals surface area (Å²) in [5.74, 6) is 1.92. The van der Waals surface area contributed by atoms with E-state index in [1.807, 2.05) is 13.1 Å². The molecule has 1 unspecified atom stereocenters. The average Bonchev–Trinajstić information content (AvgIpc) is 2.97. The van der Waals surface area contributed by atoms with E-state index in [9.17, 15) is 0 Å². The standard InChI is InChI=1S/C14H19NO2/c1-15-13-9-16-14-8-11(6-7-12(13)14)17-10-4-2-3-5-10/h6-8,10,13,15H,2-5,9H2,1H3. The van der Waals surface area contributed by atoms with Crippen LogP contribution in [-0.2, 0) is 0 Å². The minimum atomic E-state index is 0.325. The number of benzene rings is 1. The van der Waals surface area contributed by atoms with Gasteiger partial charge in [0, 0.05) is 11.6 Å². The maximum absolute atomic E-state index is 5.97. The van der Waals surface area contributed by atoms with Gasteiger partial charge in [0.2, 0.25) is 0 Å². The summed E-state index contributed by atoms with van der Waals surface area (Å²) >= 11 is 0. The van der Waals surface area contributed by atoms with Crippen molar-refractivity contribution in [1.82, 2.24) is 5.32 Å². The SMILES string of the molecule is CNC1COc2cc(OC3CCCC3)ccc21. The van der Waals surface area contributed by atoms with Gasteiger partial charge in [-0.3, -0.25) is 0 Å². The molecule has 0 amide bonds. The summed E-state index contributed by atoms with van der Waals surface area (Å²) in [4.78, 5) is 0. The summed E-state index contributed by atoms with van der Waals surface area (Å²) in [5, 5.41) is 3.25. The van der Waals surface area contributed by atoms with Crippen molar-refractivity contribution >= 4 is 0 Å². The number of rotatable bonds is 3. The van der Waals surface area contributed by atoms with Crippen LogP contribution in [0.25, 0.3) is 0 Å². The summed E-state index contributed by atoms with van der Waals surface area (Å²) in [7, 11) is 1.96. The molecule has 2 aliphatic rings. The fraction of sp³-hybridized carbons (Fsp3) is 0.571. The fourth-order valence-corrected chi connectivity index (χ4v) is 2.70. The number of hydrogen-bond acceptors (Lipinski definition) is 3. The number of fused-ring (bicyclic) bond motifs is 1. The Morgan fingerprint density at radius 2 is 2.12 bits per heavy atom. The van der Waals surface area contributed by atoms with Crippen molar-refractivity contribution in [3.8, 4) is 11.5 Å². The van der Waals surface area contributed by atoms with Crippen LogP contribution in [0.5, 0.6) is 11.5 Å². The zero-order valence-electron chi connectivity index (χ0n) is 10.2. The molecule has 1 heterocycles. The molecule has 0 spiro atoms. The molecular weight excluding hydrogens is 214 g/mol. The number of ether oxygens (including phenoxy) is 2. The predicted octanol–water partition coefficient (Wildman–Crippen LogP) is 2.66. The van der Waals surface area contributed by atoms with Gasteiger partial charge in [0.1, 0.15) is 18.1 Å². The molecule has 1 fully saturated rings. The lowest BCUT2D eigenvalue weighted by Gasteiger charge is -2.14. The third kappa shape index (κ3) is 2.12. The lowest BCUT2D eigenvalue weighted by Crippen LogP contribution is -2.17. The molecule has 1 atom stereocenters. The zero-order valence-corrected chi connectivity index (χ0v) is 10.2. The van der Waals surface area contributed by atoms with Crippen molar-refractivity contribution in [2.24, 2.45) is 0 Å². The second kappa shape index (κ2) is 4.57. The molecule has 92 valence electrons. The molecule has 1 aliphatic carbocycles. The number of likely N-dealkylation sites (N-methyl/N-ethyl adjacent to an activating group) is 1. The van der Waals surface area contributed by atoms with Crippen LogP contribution >= 0.6 is 0 Å². The van der Waals surface area contributed by atoms with Crippen molar-refractivity contribution in [2.45, 2.75) is 37.8 Å². The van der Waals surface area contributed by atoms with Gasteiger partial charge in [-0.1, -0.05) is 0 Å². The van der Waals surface area contributed by atoms with Gasteiger partial charge in [-0.2, -0.15) is 0 Å². The van der Waals surface area contributed by atoms with E-state index in [2.05, 4.69) is 17.4 Å². The summed E-state index contributed by atoms with van der Waals surface area (Å²) < 4.78 is 11.6. The summed E-state index contributed by atoms with van der Waals surface area (Å²) in [6.45, 7) is 0.721. The lowest BCUT2D eigenvalue weighted by molar-refractivity contribution is 0.209. The zero-order chi connectivity index (χ0) is 11.7. The predicted molar refractivity (Wildman–Crippen MR) is 66.6 cm³/mol. The summed E-state index contributed by atoms with van der Waals surface area (Å²) in [5.41, 5.74) is 1.24. The van der Waals surface area contributed by atoms with Crippen molar-refractivity contribution in [1.29, 1.82) is 0 Å². The number of hydrogen-bond donors (Lipinski definition) is 1. The average molecular weight is 233 g/mol. The van der Waals surface area contributed by atoms with E-state index in [1.54, 1.807) is 0 Å². The van der Waals surface area contributed by atoms with Crippen LogP contribution in [0.15, 0.2) is 18.2 Å². The Morgan fingerprint density at radius 3 is 2.88 bits per heavy atom. The van der Waals surface area contributed by atoms with Gasteiger partial charge in [-0.15, -0.1) is 0 Å². The van der Waals surface area contributed by atoms with Crippen LogP contribution in [0.4, 0.5) is 0 Å². The Kier molecular flexibility index (Phi) is 2.93. The van der Waals surface area contributed by atoms with Crippen LogP contribution in [-0.4, -0.2) is 19.8 Å². The molecule has 1 aromatic carbocycles. The van der Waals surface area contributed by atoms with Gasteiger partial charge < -0.3 is 14.8 Å². The first-order valence-electron chi connectivity index (χ1n) is 6.47. The molecule has 1 saturated carbocycles. The van der Waals surface area contributed by atoms with Crippen LogP contribution in [0, 0.1) is 0 Å². The van der Waals surface area contributed by atoms with E-state index in [0.717, 1.165) is 18.1 Å². The Morgan fingerprint density at radius 1 is 1.29 bits per heavy atom. The van der Waals surface area contributed by atoms with Gasteiger partial charge in [-0.05, 0) is 44.9 Å². The lowest BCUT2D eigenvalue weighted by atomic mass is 10.1. The van der Waals surface area contributed by atoms with Gasteiger partial charge in [0.25, 0.3) is 0 Å². The molecule has 17 heavy (non-hydrogen) atoms. The molecule has 3 rings (SSSR count). The molecule has 1 aliphatic heterocycles. The van der Waals surface area contributed by atoms with E-state index in [4.69, 9.17) is 9.47 Å². The number of nitrogens with one attached hydrogen (secondary N) is 1. The van der Waals surface area contributed by atoms with Crippen molar-refractivity contribution in [2.75, 3.05) is 13.7 Å². The minimum Gasteiger partial charge on any atom is -0.491 e. The van der Waals surface area contributed by atoms with Gasteiger partial charge in [0.15, 0.2) is 0 Å². The van der Waals surface area contributed by atoms with E-state index < -0.39 is 0 Å². The topological polar surface area (TPSA) is 30.5 Å². The molecule has 3 heteroatoms. The second-order valence-electron chi connectivity index (χ2n) is 4.88. The molecule has 0 aromatic heterocycles. The van der Waals surface area contributed by atoms with Crippen LogP contribution in [0.1, 0.15) is 37.3 Å². The van der Waals surface area contributed by atoms with Crippen molar-refractivity contribution in [3.63, 3.8) is 0 Å². The third-order valence-corrected chi connectivity index (χ3v) is 3.72. The van der Waals surface area contributed by atoms with Crippen molar-refractivity contribution in [3.05, 3.63) is 23.8 Å². The van der Waals surface area contributed by atoms with Crippen LogP contribution in [0.3, 0.4) is 0 Å². The highest BCUT2D eigenvalue weighted by Crippen LogP contribution is 2.36. The molecule has 0 bridgehead atoms. The highest BCUT2D eigenvalue weighted by Gasteiger charge is 2.24. The Balaban J connectivity index is 1.75. The largest absolute Gasteiger partial charge is 0.491 e. The minimum absolute atomic E-state index is 0.325. The molecule has 1 N–H and O–H groups in total. The Labute approximate surface area is 102 Å². The van der Waals surface area contributed by atoms with E-state index >= 15 is 0 Å². The molecular formula is C14H19NO2. The van der Waals surface area contributed by atoms with Gasteiger partial charge in [0.05, 0.1) is 12.1 Å². The summed E-state index contributed by atoms with van der Waals surface area (Å²) in [6, 6.07) is 6.54.